The molecule has 0 aliphatic carbocycles. The summed E-state index contributed by atoms with van der Waals surface area (Å²) in [5, 5.41) is 16.7. The first-order chi connectivity index (χ1) is 12.0. The van der Waals surface area contributed by atoms with Gasteiger partial charge in [-0.2, -0.15) is 0 Å². The Morgan fingerprint density at radius 1 is 1.24 bits per heavy atom. The van der Waals surface area contributed by atoms with Crippen LogP contribution in [0.4, 0.5) is 8.78 Å². The second-order valence-corrected chi connectivity index (χ2v) is 5.41. The number of carboxylic acids is 1. The van der Waals surface area contributed by atoms with E-state index in [2.05, 4.69) is 15.2 Å². The average Bonchev–Trinajstić information content (AvgIpc) is 2.99. The molecule has 0 spiro atoms. The van der Waals surface area contributed by atoms with Crippen molar-refractivity contribution in [1.29, 1.82) is 0 Å². The number of aromatic nitrogens is 3. The number of carbonyl (C=O) groups is 1. The zero-order valence-electron chi connectivity index (χ0n) is 13.1. The van der Waals surface area contributed by atoms with Crippen molar-refractivity contribution in [1.82, 2.24) is 15.2 Å². The molecule has 0 radical (unpaired) electrons. The third-order valence-electron chi connectivity index (χ3n) is 3.63. The molecule has 1 atom stereocenters. The summed E-state index contributed by atoms with van der Waals surface area (Å²) < 4.78 is 33.3. The predicted molar refractivity (Wildman–Crippen MR) is 82.7 cm³/mol. The van der Waals surface area contributed by atoms with E-state index in [4.69, 9.17) is 9.52 Å². The fraction of sp³-hybridized carbons (Fsp3) is 0.176. The van der Waals surface area contributed by atoms with Crippen LogP contribution in [0.3, 0.4) is 0 Å². The predicted octanol–water partition coefficient (Wildman–Crippen LogP) is 3.32. The van der Waals surface area contributed by atoms with Crippen LogP contribution in [0.5, 0.6) is 0 Å². The van der Waals surface area contributed by atoms with Gasteiger partial charge in [0.05, 0.1) is 17.9 Å². The molecule has 0 amide bonds. The number of rotatable bonds is 5. The summed E-state index contributed by atoms with van der Waals surface area (Å²) >= 11 is 0. The van der Waals surface area contributed by atoms with Gasteiger partial charge in [0.2, 0.25) is 11.8 Å². The van der Waals surface area contributed by atoms with Crippen molar-refractivity contribution >= 4 is 5.97 Å². The summed E-state index contributed by atoms with van der Waals surface area (Å²) in [6.07, 6.45) is 2.39. The van der Waals surface area contributed by atoms with E-state index in [0.717, 1.165) is 12.1 Å². The molecule has 0 aliphatic heterocycles. The van der Waals surface area contributed by atoms with Crippen molar-refractivity contribution in [3.8, 4) is 11.1 Å². The van der Waals surface area contributed by atoms with Crippen LogP contribution >= 0.6 is 0 Å². The van der Waals surface area contributed by atoms with Crippen LogP contribution < -0.4 is 0 Å². The third-order valence-corrected chi connectivity index (χ3v) is 3.63. The number of pyridine rings is 1. The van der Waals surface area contributed by atoms with Gasteiger partial charge < -0.3 is 9.52 Å². The molecule has 0 aliphatic rings. The Bertz CT molecular complexity index is 907. The number of hydrogen-bond acceptors (Lipinski definition) is 5. The molecule has 1 N–H and O–H groups in total. The van der Waals surface area contributed by atoms with Crippen LogP contribution in [-0.2, 0) is 4.79 Å². The molecule has 6 nitrogen and oxygen atoms in total. The Labute approximate surface area is 141 Å². The second-order valence-electron chi connectivity index (χ2n) is 5.41. The topological polar surface area (TPSA) is 89.1 Å². The van der Waals surface area contributed by atoms with Crippen molar-refractivity contribution in [2.45, 2.75) is 19.3 Å². The molecule has 0 fully saturated rings. The molecule has 25 heavy (non-hydrogen) atoms. The van der Waals surface area contributed by atoms with Crippen molar-refractivity contribution < 1.29 is 23.1 Å². The van der Waals surface area contributed by atoms with Crippen LogP contribution in [0.2, 0.25) is 0 Å². The van der Waals surface area contributed by atoms with Gasteiger partial charge in [0.25, 0.3) is 0 Å². The zero-order chi connectivity index (χ0) is 18.0. The van der Waals surface area contributed by atoms with E-state index in [9.17, 15) is 13.6 Å². The van der Waals surface area contributed by atoms with Crippen LogP contribution in [0, 0.1) is 18.6 Å². The summed E-state index contributed by atoms with van der Waals surface area (Å²) in [6, 6.07) is 5.02. The highest BCUT2D eigenvalue weighted by atomic mass is 19.1. The lowest BCUT2D eigenvalue weighted by Gasteiger charge is -2.13. The molecule has 0 saturated carbocycles. The van der Waals surface area contributed by atoms with E-state index in [-0.39, 0.29) is 29.3 Å². The first-order valence-electron chi connectivity index (χ1n) is 7.37. The number of halogens is 2. The summed E-state index contributed by atoms with van der Waals surface area (Å²) in [5.74, 6) is -2.93. The second kappa shape index (κ2) is 6.76. The number of carboxylic acid groups (broad SMARTS) is 1. The van der Waals surface area contributed by atoms with Crippen LogP contribution in [-0.4, -0.2) is 26.3 Å². The van der Waals surface area contributed by atoms with Crippen LogP contribution in [0.25, 0.3) is 11.1 Å². The number of nitrogens with zero attached hydrogens (tertiary/aromatic N) is 3. The maximum atomic E-state index is 14.0. The van der Waals surface area contributed by atoms with E-state index >= 15 is 0 Å². The third kappa shape index (κ3) is 3.52. The summed E-state index contributed by atoms with van der Waals surface area (Å²) in [5.41, 5.74) is 0.374. The number of benzene rings is 1. The molecule has 1 unspecified atom stereocenters. The summed E-state index contributed by atoms with van der Waals surface area (Å²) in [4.78, 5) is 15.2. The Morgan fingerprint density at radius 2 is 1.96 bits per heavy atom. The van der Waals surface area contributed by atoms with Crippen molar-refractivity contribution in [3.05, 3.63) is 65.6 Å². The smallest absolute Gasteiger partial charge is 0.304 e. The zero-order valence-corrected chi connectivity index (χ0v) is 13.1. The van der Waals surface area contributed by atoms with Gasteiger partial charge in [-0.25, -0.2) is 8.78 Å². The number of hydrogen-bond donors (Lipinski definition) is 1. The van der Waals surface area contributed by atoms with Gasteiger partial charge >= 0.3 is 5.97 Å². The highest BCUT2D eigenvalue weighted by Gasteiger charge is 2.25. The minimum absolute atomic E-state index is 0.104. The number of aryl methyl sites for hydroxylation is 1. The minimum Gasteiger partial charge on any atom is -0.481 e. The lowest BCUT2D eigenvalue weighted by molar-refractivity contribution is -0.137. The molecule has 0 bridgehead atoms. The Balaban J connectivity index is 2.08. The highest BCUT2D eigenvalue weighted by molar-refractivity contribution is 5.69. The van der Waals surface area contributed by atoms with E-state index in [0.29, 0.717) is 5.56 Å². The fourth-order valence-corrected chi connectivity index (χ4v) is 2.53. The summed E-state index contributed by atoms with van der Waals surface area (Å²) in [6.45, 7) is 1.58. The van der Waals surface area contributed by atoms with E-state index in [1.165, 1.54) is 24.5 Å². The van der Waals surface area contributed by atoms with Gasteiger partial charge in [-0.15, -0.1) is 10.2 Å². The van der Waals surface area contributed by atoms with E-state index in [1.807, 2.05) is 0 Å². The van der Waals surface area contributed by atoms with Gasteiger partial charge in [-0.1, -0.05) is 6.07 Å². The minimum atomic E-state index is -1.08. The molecule has 3 aromatic rings. The molecular weight excluding hydrogens is 332 g/mol. The Kier molecular flexibility index (Phi) is 4.51. The largest absolute Gasteiger partial charge is 0.481 e. The van der Waals surface area contributed by atoms with Crippen LogP contribution in [0.15, 0.2) is 41.1 Å². The van der Waals surface area contributed by atoms with E-state index in [1.54, 1.807) is 6.92 Å². The number of aliphatic carboxylic acids is 1. The normalized spacial score (nSPS) is 12.1. The molecule has 3 rings (SSSR count). The maximum absolute atomic E-state index is 14.0. The highest BCUT2D eigenvalue weighted by Crippen LogP contribution is 2.31. The van der Waals surface area contributed by atoms with Gasteiger partial charge in [0, 0.05) is 24.9 Å². The summed E-state index contributed by atoms with van der Waals surface area (Å²) in [7, 11) is 0. The Hall–Kier alpha value is -3.16. The van der Waals surface area contributed by atoms with Crippen molar-refractivity contribution in [2.75, 3.05) is 0 Å². The van der Waals surface area contributed by atoms with Gasteiger partial charge in [-0.05, 0) is 23.8 Å². The molecule has 1 aromatic carbocycles. The lowest BCUT2D eigenvalue weighted by Crippen LogP contribution is -2.09. The van der Waals surface area contributed by atoms with E-state index < -0.39 is 23.5 Å². The monoisotopic (exact) mass is 345 g/mol. The molecule has 128 valence electrons. The average molecular weight is 345 g/mol. The molecular formula is C17H13F2N3O3. The first-order valence-corrected chi connectivity index (χ1v) is 7.37. The molecule has 0 saturated heterocycles. The standard InChI is InChI=1S/C17H13F2N3O3/c1-9-21-22-17(25-9)12(6-15(23)24)10-5-11(8-20-7-10)16-13(18)3-2-4-14(16)19/h2-5,7-8,12H,6H2,1H3,(H,23,24). The van der Waals surface area contributed by atoms with Crippen molar-refractivity contribution in [2.24, 2.45) is 0 Å². The SMILES string of the molecule is Cc1nnc(C(CC(=O)O)c2cncc(-c3c(F)cccc3F)c2)o1. The fourth-order valence-electron chi connectivity index (χ4n) is 2.53. The first kappa shape index (κ1) is 16.7. The quantitative estimate of drug-likeness (QED) is 0.763. The van der Waals surface area contributed by atoms with Gasteiger partial charge in [0.15, 0.2) is 0 Å². The van der Waals surface area contributed by atoms with Crippen molar-refractivity contribution in [3.63, 3.8) is 0 Å². The molecule has 2 aromatic heterocycles. The molecule has 2 heterocycles. The Morgan fingerprint density at radius 3 is 2.56 bits per heavy atom. The molecule has 8 heteroatoms. The maximum Gasteiger partial charge on any atom is 0.304 e. The van der Waals surface area contributed by atoms with Crippen LogP contribution in [0.1, 0.15) is 29.7 Å². The van der Waals surface area contributed by atoms with Gasteiger partial charge in [-0.3, -0.25) is 9.78 Å². The lowest BCUT2D eigenvalue weighted by atomic mass is 9.94. The van der Waals surface area contributed by atoms with Gasteiger partial charge in [0.1, 0.15) is 11.6 Å².